The van der Waals surface area contributed by atoms with E-state index in [9.17, 15) is 9.59 Å². The molecule has 2 heterocycles. The molecule has 1 saturated heterocycles. The summed E-state index contributed by atoms with van der Waals surface area (Å²) in [5.41, 5.74) is 3.15. The van der Waals surface area contributed by atoms with E-state index in [1.165, 1.54) is 16.7 Å². The SMILES string of the molecule is COc1ccccc1/C=N/N=C1\S/C(=C\c2cc(Br)ccc2OCC(=O)Nc2ccc(C)cc2)C(=O)N1Cc1ccco1. The first-order chi connectivity index (χ1) is 20.9. The molecule has 0 unspecified atom stereocenters. The van der Waals surface area contributed by atoms with Gasteiger partial charge in [0.05, 0.1) is 31.0 Å². The van der Waals surface area contributed by atoms with Gasteiger partial charge in [0, 0.05) is 21.3 Å². The van der Waals surface area contributed by atoms with Gasteiger partial charge >= 0.3 is 0 Å². The lowest BCUT2D eigenvalue weighted by molar-refractivity contribution is -0.122. The minimum atomic E-state index is -0.302. The zero-order valence-corrected chi connectivity index (χ0v) is 25.7. The van der Waals surface area contributed by atoms with Gasteiger partial charge in [0.1, 0.15) is 17.3 Å². The number of nitrogens with zero attached hydrogens (tertiary/aromatic N) is 3. The molecule has 0 saturated carbocycles. The topological polar surface area (TPSA) is 106 Å². The first kappa shape index (κ1) is 29.9. The normalized spacial score (nSPS) is 15.0. The van der Waals surface area contributed by atoms with Crippen LogP contribution in [0.5, 0.6) is 11.5 Å². The fourth-order valence-corrected chi connectivity index (χ4v) is 5.38. The van der Waals surface area contributed by atoms with Crippen molar-refractivity contribution in [2.75, 3.05) is 19.0 Å². The predicted molar refractivity (Wildman–Crippen MR) is 172 cm³/mol. The lowest BCUT2D eigenvalue weighted by atomic mass is 10.2. The van der Waals surface area contributed by atoms with Crippen molar-refractivity contribution < 1.29 is 23.5 Å². The number of anilines is 1. The minimum absolute atomic E-state index is 0.181. The van der Waals surface area contributed by atoms with Crippen molar-refractivity contribution in [3.8, 4) is 11.5 Å². The van der Waals surface area contributed by atoms with E-state index in [4.69, 9.17) is 13.9 Å². The Labute approximate surface area is 261 Å². The number of carbonyl (C=O) groups is 2. The van der Waals surface area contributed by atoms with Gasteiger partial charge in [-0.2, -0.15) is 5.10 Å². The Morgan fingerprint density at radius 3 is 2.63 bits per heavy atom. The van der Waals surface area contributed by atoms with Crippen molar-refractivity contribution in [2.45, 2.75) is 13.5 Å². The number of ether oxygens (including phenoxy) is 2. The van der Waals surface area contributed by atoms with Crippen LogP contribution < -0.4 is 14.8 Å². The highest BCUT2D eigenvalue weighted by molar-refractivity contribution is 9.10. The molecule has 3 aromatic carbocycles. The van der Waals surface area contributed by atoms with Crippen molar-refractivity contribution in [1.29, 1.82) is 0 Å². The maximum Gasteiger partial charge on any atom is 0.267 e. The Kier molecular flexibility index (Phi) is 9.75. The number of aryl methyl sites for hydroxylation is 1. The van der Waals surface area contributed by atoms with Crippen LogP contribution in [0.2, 0.25) is 0 Å². The molecule has 5 rings (SSSR count). The van der Waals surface area contributed by atoms with Crippen LogP contribution in [0, 0.1) is 6.92 Å². The van der Waals surface area contributed by atoms with Gasteiger partial charge in [0.2, 0.25) is 0 Å². The van der Waals surface area contributed by atoms with Crippen molar-refractivity contribution in [1.82, 2.24) is 4.90 Å². The van der Waals surface area contributed by atoms with Crippen molar-refractivity contribution >= 4 is 62.7 Å². The Morgan fingerprint density at radius 2 is 1.86 bits per heavy atom. The summed E-state index contributed by atoms with van der Waals surface area (Å²) in [6.45, 7) is 1.95. The van der Waals surface area contributed by atoms with E-state index in [0.29, 0.717) is 38.6 Å². The molecule has 1 aliphatic rings. The second-order valence-corrected chi connectivity index (χ2v) is 11.3. The molecule has 0 radical (unpaired) electrons. The quantitative estimate of drug-likeness (QED) is 0.113. The summed E-state index contributed by atoms with van der Waals surface area (Å²) in [5, 5.41) is 11.8. The molecule has 0 bridgehead atoms. The molecular formula is C32H27BrN4O5S. The molecule has 11 heteroatoms. The van der Waals surface area contributed by atoms with Gasteiger partial charge in [-0.15, -0.1) is 5.10 Å². The monoisotopic (exact) mass is 658 g/mol. The molecule has 2 amide bonds. The molecule has 4 aromatic rings. The smallest absolute Gasteiger partial charge is 0.267 e. The Bertz CT molecular complexity index is 1700. The number of benzene rings is 3. The lowest BCUT2D eigenvalue weighted by Crippen LogP contribution is -2.28. The van der Waals surface area contributed by atoms with Gasteiger partial charge in [-0.3, -0.25) is 14.5 Å². The molecule has 1 fully saturated rings. The van der Waals surface area contributed by atoms with Gasteiger partial charge in [0.15, 0.2) is 11.8 Å². The summed E-state index contributed by atoms with van der Waals surface area (Å²) in [5.74, 6) is 1.13. The molecule has 0 aliphatic carbocycles. The van der Waals surface area contributed by atoms with Gasteiger partial charge in [-0.05, 0) is 79.4 Å². The third-order valence-electron chi connectivity index (χ3n) is 6.21. The van der Waals surface area contributed by atoms with Crippen molar-refractivity contribution in [3.63, 3.8) is 0 Å². The summed E-state index contributed by atoms with van der Waals surface area (Å²) in [6, 6.07) is 23.9. The van der Waals surface area contributed by atoms with Crippen LogP contribution in [0.4, 0.5) is 5.69 Å². The van der Waals surface area contributed by atoms with Crippen LogP contribution in [0.15, 0.2) is 109 Å². The standard InChI is InChI=1S/C32H27BrN4O5S/c1-21-9-12-25(13-10-21)35-30(38)20-42-28-14-11-24(33)16-23(28)17-29-31(39)37(19-26-7-5-15-41-26)32(43-29)36-34-18-22-6-3-4-8-27(22)40-2/h3-18H,19-20H2,1-2H3,(H,35,38)/b29-17-,34-18+,36-32-. The second-order valence-electron chi connectivity index (χ2n) is 9.34. The number of furan rings is 1. The Hall–Kier alpha value is -4.61. The third-order valence-corrected chi connectivity index (χ3v) is 7.70. The largest absolute Gasteiger partial charge is 0.496 e. The molecule has 1 aromatic heterocycles. The van der Waals surface area contributed by atoms with Gasteiger partial charge in [-0.1, -0.05) is 45.8 Å². The molecule has 0 atom stereocenters. The van der Waals surface area contributed by atoms with Gasteiger partial charge < -0.3 is 19.2 Å². The molecule has 0 spiro atoms. The van der Waals surface area contributed by atoms with Crippen LogP contribution in [0.25, 0.3) is 6.08 Å². The van der Waals surface area contributed by atoms with E-state index in [1.54, 1.807) is 43.9 Å². The Balaban J connectivity index is 1.37. The molecule has 1 aliphatic heterocycles. The van der Waals surface area contributed by atoms with Gasteiger partial charge in [0.25, 0.3) is 11.8 Å². The van der Waals surface area contributed by atoms with E-state index in [2.05, 4.69) is 31.4 Å². The average Bonchev–Trinajstić information content (AvgIpc) is 3.62. The number of hydrogen-bond donors (Lipinski definition) is 1. The molecule has 9 nitrogen and oxygen atoms in total. The third kappa shape index (κ3) is 7.82. The van der Waals surface area contributed by atoms with Crippen LogP contribution in [-0.4, -0.2) is 41.8 Å². The van der Waals surface area contributed by atoms with E-state index in [0.717, 1.165) is 15.6 Å². The number of amidine groups is 1. The van der Waals surface area contributed by atoms with Gasteiger partial charge in [-0.25, -0.2) is 0 Å². The number of rotatable bonds is 10. The number of halogens is 1. The molecular weight excluding hydrogens is 632 g/mol. The highest BCUT2D eigenvalue weighted by Gasteiger charge is 2.34. The summed E-state index contributed by atoms with van der Waals surface area (Å²) in [4.78, 5) is 28.1. The predicted octanol–water partition coefficient (Wildman–Crippen LogP) is 6.88. The number of methoxy groups -OCH3 is 1. The number of hydrogen-bond acceptors (Lipinski definition) is 8. The number of para-hydroxylation sites is 1. The summed E-state index contributed by atoms with van der Waals surface area (Å²) in [6.07, 6.45) is 4.84. The van der Waals surface area contributed by atoms with Crippen LogP contribution in [0.3, 0.4) is 0 Å². The maximum absolute atomic E-state index is 13.6. The molecule has 43 heavy (non-hydrogen) atoms. The second kappa shape index (κ2) is 14.0. The summed E-state index contributed by atoms with van der Waals surface area (Å²) in [7, 11) is 1.59. The fourth-order valence-electron chi connectivity index (χ4n) is 4.08. The van der Waals surface area contributed by atoms with Crippen molar-refractivity contribution in [3.05, 3.63) is 117 Å². The number of nitrogens with one attached hydrogen (secondary N) is 1. The van der Waals surface area contributed by atoms with Crippen LogP contribution >= 0.6 is 27.7 Å². The zero-order chi connectivity index (χ0) is 30.2. The van der Waals surface area contributed by atoms with Crippen LogP contribution in [0.1, 0.15) is 22.5 Å². The highest BCUT2D eigenvalue weighted by atomic mass is 79.9. The summed E-state index contributed by atoms with van der Waals surface area (Å²) < 4.78 is 17.5. The first-order valence-corrected chi connectivity index (χ1v) is 14.8. The summed E-state index contributed by atoms with van der Waals surface area (Å²) >= 11 is 4.67. The van der Waals surface area contributed by atoms with E-state index in [1.807, 2.05) is 67.6 Å². The first-order valence-electron chi connectivity index (χ1n) is 13.2. The van der Waals surface area contributed by atoms with Crippen molar-refractivity contribution in [2.24, 2.45) is 10.2 Å². The maximum atomic E-state index is 13.6. The van der Waals surface area contributed by atoms with E-state index in [-0.39, 0.29) is 25.0 Å². The lowest BCUT2D eigenvalue weighted by Gasteiger charge is -2.13. The van der Waals surface area contributed by atoms with E-state index < -0.39 is 0 Å². The Morgan fingerprint density at radius 1 is 1.05 bits per heavy atom. The highest BCUT2D eigenvalue weighted by Crippen LogP contribution is 2.36. The number of amides is 2. The van der Waals surface area contributed by atoms with Crippen LogP contribution in [-0.2, 0) is 16.1 Å². The van der Waals surface area contributed by atoms with E-state index >= 15 is 0 Å². The minimum Gasteiger partial charge on any atom is -0.496 e. The molecule has 1 N–H and O–H groups in total. The fraction of sp³-hybridized carbons (Fsp3) is 0.125. The molecule has 218 valence electrons. The number of thioether (sulfide) groups is 1. The zero-order valence-electron chi connectivity index (χ0n) is 23.3. The average molecular weight is 660 g/mol. The number of carbonyl (C=O) groups excluding carboxylic acids is 2.